The molecule has 1 heterocycles. The van der Waals surface area contributed by atoms with Crippen LogP contribution >= 0.6 is 0 Å². The van der Waals surface area contributed by atoms with Gasteiger partial charge in [-0.05, 0) is 18.9 Å². The van der Waals surface area contributed by atoms with Crippen LogP contribution < -0.4 is 0 Å². The van der Waals surface area contributed by atoms with Crippen LogP contribution in [-0.4, -0.2) is 54.5 Å². The van der Waals surface area contributed by atoms with Crippen molar-refractivity contribution in [1.82, 2.24) is 9.80 Å². The summed E-state index contributed by atoms with van der Waals surface area (Å²) in [7, 11) is 0. The molecule has 1 aliphatic heterocycles. The van der Waals surface area contributed by atoms with Crippen molar-refractivity contribution in [1.29, 1.82) is 0 Å². The first-order valence-corrected chi connectivity index (χ1v) is 6.25. The molecule has 6 heteroatoms. The SMILES string of the molecule is CCCCN(CC)C(=O)CN1CC(N=[N+]=[N-])C1. The minimum Gasteiger partial charge on any atom is -0.342 e. The summed E-state index contributed by atoms with van der Waals surface area (Å²) in [4.78, 5) is 18.6. The average molecular weight is 239 g/mol. The maximum Gasteiger partial charge on any atom is 0.236 e. The molecular weight excluding hydrogens is 218 g/mol. The van der Waals surface area contributed by atoms with Crippen molar-refractivity contribution in [3.05, 3.63) is 10.4 Å². The second-order valence-electron chi connectivity index (χ2n) is 4.38. The Balaban J connectivity index is 2.26. The molecule has 0 radical (unpaired) electrons. The monoisotopic (exact) mass is 239 g/mol. The number of unbranched alkanes of at least 4 members (excludes halogenated alkanes) is 1. The van der Waals surface area contributed by atoms with Gasteiger partial charge in [-0.3, -0.25) is 9.69 Å². The molecule has 1 aliphatic rings. The van der Waals surface area contributed by atoms with Crippen molar-refractivity contribution in [3.63, 3.8) is 0 Å². The zero-order valence-electron chi connectivity index (χ0n) is 10.7. The third-order valence-corrected chi connectivity index (χ3v) is 3.03. The molecule has 0 atom stereocenters. The Kier molecular flexibility index (Phi) is 5.80. The van der Waals surface area contributed by atoms with E-state index in [-0.39, 0.29) is 11.9 Å². The number of carbonyl (C=O) groups is 1. The number of likely N-dealkylation sites (N-methyl/N-ethyl adjacent to an activating group) is 1. The Hall–Kier alpha value is -1.26. The number of azide groups is 1. The third kappa shape index (κ3) is 4.24. The molecule has 0 N–H and O–H groups in total. The van der Waals surface area contributed by atoms with E-state index in [1.807, 2.05) is 16.7 Å². The smallest absolute Gasteiger partial charge is 0.236 e. The summed E-state index contributed by atoms with van der Waals surface area (Å²) in [6.45, 7) is 7.62. The van der Waals surface area contributed by atoms with Gasteiger partial charge in [0, 0.05) is 31.1 Å². The van der Waals surface area contributed by atoms with Gasteiger partial charge < -0.3 is 4.90 Å². The zero-order chi connectivity index (χ0) is 12.7. The van der Waals surface area contributed by atoms with Gasteiger partial charge in [0.1, 0.15) is 0 Å². The van der Waals surface area contributed by atoms with Crippen LogP contribution in [0.1, 0.15) is 26.7 Å². The highest BCUT2D eigenvalue weighted by Gasteiger charge is 2.28. The number of likely N-dealkylation sites (tertiary alicyclic amines) is 1. The van der Waals surface area contributed by atoms with Crippen molar-refractivity contribution in [2.24, 2.45) is 5.11 Å². The Bertz CT molecular complexity index is 294. The van der Waals surface area contributed by atoms with Crippen molar-refractivity contribution >= 4 is 5.91 Å². The minimum atomic E-state index is 0.0542. The lowest BCUT2D eigenvalue weighted by atomic mass is 10.1. The summed E-state index contributed by atoms with van der Waals surface area (Å²) in [5.74, 6) is 0.181. The molecule has 6 nitrogen and oxygen atoms in total. The molecule has 1 saturated heterocycles. The third-order valence-electron chi connectivity index (χ3n) is 3.03. The lowest BCUT2D eigenvalue weighted by molar-refractivity contribution is -0.133. The molecule has 96 valence electrons. The van der Waals surface area contributed by atoms with Crippen molar-refractivity contribution in [3.8, 4) is 0 Å². The maximum atomic E-state index is 11.9. The van der Waals surface area contributed by atoms with Gasteiger partial charge in [0.15, 0.2) is 0 Å². The molecule has 0 aromatic heterocycles. The summed E-state index contributed by atoms with van der Waals surface area (Å²) in [5, 5.41) is 3.62. The Morgan fingerprint density at radius 2 is 2.24 bits per heavy atom. The second kappa shape index (κ2) is 7.14. The zero-order valence-corrected chi connectivity index (χ0v) is 10.7. The molecule has 0 aliphatic carbocycles. The van der Waals surface area contributed by atoms with Gasteiger partial charge in [-0.2, -0.15) is 0 Å². The fourth-order valence-electron chi connectivity index (χ4n) is 1.92. The second-order valence-corrected chi connectivity index (χ2v) is 4.38. The molecule has 1 rings (SSSR count). The van der Waals surface area contributed by atoms with Gasteiger partial charge in [-0.25, -0.2) is 0 Å². The van der Waals surface area contributed by atoms with E-state index >= 15 is 0 Å². The highest BCUT2D eigenvalue weighted by Crippen LogP contribution is 2.11. The standard InChI is InChI=1S/C11H21N5O/c1-3-5-6-16(4-2)11(17)9-15-7-10(8-15)13-14-12/h10H,3-9H2,1-2H3. The molecule has 0 saturated carbocycles. The van der Waals surface area contributed by atoms with Crippen LogP contribution in [0, 0.1) is 0 Å². The van der Waals surface area contributed by atoms with Gasteiger partial charge in [-0.1, -0.05) is 18.5 Å². The number of nitrogens with zero attached hydrogens (tertiary/aromatic N) is 5. The summed E-state index contributed by atoms with van der Waals surface area (Å²) >= 11 is 0. The lowest BCUT2D eigenvalue weighted by Crippen LogP contribution is -2.53. The summed E-state index contributed by atoms with van der Waals surface area (Å²) in [5.41, 5.74) is 8.26. The van der Waals surface area contributed by atoms with Gasteiger partial charge in [0.2, 0.25) is 5.91 Å². The van der Waals surface area contributed by atoms with E-state index in [0.717, 1.165) is 25.9 Å². The number of hydrogen-bond donors (Lipinski definition) is 0. The first-order chi connectivity index (χ1) is 8.21. The predicted octanol–water partition coefficient (Wildman–Crippen LogP) is 1.63. The molecule has 1 fully saturated rings. The number of rotatable bonds is 7. The highest BCUT2D eigenvalue weighted by atomic mass is 16.2. The summed E-state index contributed by atoms with van der Waals surface area (Å²) < 4.78 is 0. The van der Waals surface area contributed by atoms with Crippen LogP contribution in [-0.2, 0) is 4.79 Å². The quantitative estimate of drug-likeness (QED) is 0.385. The number of hydrogen-bond acceptors (Lipinski definition) is 3. The normalized spacial score (nSPS) is 16.1. The van der Waals surface area contributed by atoms with E-state index in [0.29, 0.717) is 19.6 Å². The molecular formula is C11H21N5O. The van der Waals surface area contributed by atoms with E-state index in [1.54, 1.807) is 0 Å². The Morgan fingerprint density at radius 1 is 1.53 bits per heavy atom. The van der Waals surface area contributed by atoms with E-state index < -0.39 is 0 Å². The van der Waals surface area contributed by atoms with Gasteiger partial charge in [-0.15, -0.1) is 0 Å². The first kappa shape index (κ1) is 13.8. The Labute approximate surface area is 102 Å². The van der Waals surface area contributed by atoms with Crippen molar-refractivity contribution < 1.29 is 4.79 Å². The fourth-order valence-corrected chi connectivity index (χ4v) is 1.92. The first-order valence-electron chi connectivity index (χ1n) is 6.25. The van der Waals surface area contributed by atoms with Gasteiger partial charge in [0.25, 0.3) is 0 Å². The Morgan fingerprint density at radius 3 is 2.76 bits per heavy atom. The van der Waals surface area contributed by atoms with Gasteiger partial charge in [0.05, 0.1) is 12.6 Å². The number of carbonyl (C=O) groups excluding carboxylic acids is 1. The molecule has 0 spiro atoms. The van der Waals surface area contributed by atoms with Gasteiger partial charge >= 0.3 is 0 Å². The van der Waals surface area contributed by atoms with Crippen LogP contribution in [0.4, 0.5) is 0 Å². The molecule has 0 aromatic rings. The van der Waals surface area contributed by atoms with Crippen molar-refractivity contribution in [2.75, 3.05) is 32.7 Å². The highest BCUT2D eigenvalue weighted by molar-refractivity contribution is 5.78. The van der Waals surface area contributed by atoms with E-state index in [2.05, 4.69) is 16.9 Å². The minimum absolute atomic E-state index is 0.0542. The van der Waals surface area contributed by atoms with Crippen LogP contribution in [0.15, 0.2) is 5.11 Å². The summed E-state index contributed by atoms with van der Waals surface area (Å²) in [6, 6.07) is 0.0542. The molecule has 17 heavy (non-hydrogen) atoms. The topological polar surface area (TPSA) is 72.3 Å². The largest absolute Gasteiger partial charge is 0.342 e. The lowest BCUT2D eigenvalue weighted by Gasteiger charge is -2.37. The van der Waals surface area contributed by atoms with E-state index in [4.69, 9.17) is 5.53 Å². The van der Waals surface area contributed by atoms with Crippen LogP contribution in [0.25, 0.3) is 10.4 Å². The van der Waals surface area contributed by atoms with Crippen LogP contribution in [0.3, 0.4) is 0 Å². The van der Waals surface area contributed by atoms with E-state index in [9.17, 15) is 4.79 Å². The number of amides is 1. The predicted molar refractivity (Wildman–Crippen MR) is 66.5 cm³/mol. The maximum absolute atomic E-state index is 11.9. The average Bonchev–Trinajstić information content (AvgIpc) is 2.27. The molecule has 0 unspecified atom stereocenters. The molecule has 1 amide bonds. The molecule has 0 aromatic carbocycles. The fraction of sp³-hybridized carbons (Fsp3) is 0.909. The van der Waals surface area contributed by atoms with E-state index in [1.165, 1.54) is 0 Å². The van der Waals surface area contributed by atoms with Crippen LogP contribution in [0.2, 0.25) is 0 Å². The molecule has 0 bridgehead atoms. The van der Waals surface area contributed by atoms with Crippen LogP contribution in [0.5, 0.6) is 0 Å². The summed E-state index contributed by atoms with van der Waals surface area (Å²) in [6.07, 6.45) is 2.16. The van der Waals surface area contributed by atoms with Crippen molar-refractivity contribution in [2.45, 2.75) is 32.7 Å².